The maximum atomic E-state index is 5.75. The van der Waals surface area contributed by atoms with Gasteiger partial charge in [-0.3, -0.25) is 4.90 Å². The van der Waals surface area contributed by atoms with Crippen molar-refractivity contribution in [3.8, 4) is 0 Å². The fourth-order valence-electron chi connectivity index (χ4n) is 3.46. The van der Waals surface area contributed by atoms with Crippen LogP contribution in [0.4, 0.5) is 0 Å². The maximum absolute atomic E-state index is 5.75. The van der Waals surface area contributed by atoms with E-state index in [-0.39, 0.29) is 5.54 Å². The van der Waals surface area contributed by atoms with Crippen molar-refractivity contribution < 1.29 is 4.74 Å². The minimum Gasteiger partial charge on any atom is -0.377 e. The summed E-state index contributed by atoms with van der Waals surface area (Å²) in [7, 11) is 0. The molecule has 1 aliphatic carbocycles. The van der Waals surface area contributed by atoms with E-state index in [0.29, 0.717) is 11.6 Å². The number of nitrogens with zero attached hydrogens (tertiary/aromatic N) is 1. The highest BCUT2D eigenvalue weighted by Crippen LogP contribution is 2.38. The Hall–Kier alpha value is -0.120. The van der Waals surface area contributed by atoms with Crippen molar-refractivity contribution in [1.29, 1.82) is 0 Å². The summed E-state index contributed by atoms with van der Waals surface area (Å²) in [5.74, 6) is 0. The molecule has 3 heteroatoms. The number of hydrogen-bond donors (Lipinski definition) is 1. The highest BCUT2D eigenvalue weighted by atomic mass is 16.5. The Morgan fingerprint density at radius 3 is 2.50 bits per heavy atom. The second kappa shape index (κ2) is 5.48. The van der Waals surface area contributed by atoms with Crippen LogP contribution in [0.5, 0.6) is 0 Å². The standard InChI is InChI=1S/C15H30N2O/c1-13(2)18-10-9-17-12-14(3,4)16-11-15(17)7-5-6-8-15/h13,16H,5-12H2,1-4H3. The first-order valence-electron chi connectivity index (χ1n) is 7.55. The molecule has 0 atom stereocenters. The van der Waals surface area contributed by atoms with Crippen molar-refractivity contribution >= 4 is 0 Å². The van der Waals surface area contributed by atoms with E-state index in [1.165, 1.54) is 25.7 Å². The van der Waals surface area contributed by atoms with Gasteiger partial charge in [0, 0.05) is 30.7 Å². The van der Waals surface area contributed by atoms with Gasteiger partial charge in [-0.05, 0) is 40.5 Å². The highest BCUT2D eigenvalue weighted by molar-refractivity contribution is 5.04. The zero-order valence-corrected chi connectivity index (χ0v) is 12.6. The predicted molar refractivity (Wildman–Crippen MR) is 75.9 cm³/mol. The average molecular weight is 254 g/mol. The minimum atomic E-state index is 0.242. The molecule has 0 amide bonds. The molecule has 1 saturated heterocycles. The van der Waals surface area contributed by atoms with Gasteiger partial charge in [-0.25, -0.2) is 0 Å². The topological polar surface area (TPSA) is 24.5 Å². The van der Waals surface area contributed by atoms with Gasteiger partial charge in [0.05, 0.1) is 12.7 Å². The van der Waals surface area contributed by atoms with Gasteiger partial charge in [0.15, 0.2) is 0 Å². The Bertz CT molecular complexity index is 270. The predicted octanol–water partition coefficient (Wildman–Crippen LogP) is 2.41. The fourth-order valence-corrected chi connectivity index (χ4v) is 3.46. The molecule has 0 bridgehead atoms. The molecule has 0 aromatic rings. The van der Waals surface area contributed by atoms with Crippen LogP contribution in [-0.2, 0) is 4.74 Å². The van der Waals surface area contributed by atoms with Gasteiger partial charge < -0.3 is 10.1 Å². The van der Waals surface area contributed by atoms with Gasteiger partial charge in [-0.1, -0.05) is 12.8 Å². The van der Waals surface area contributed by atoms with E-state index in [0.717, 1.165) is 26.2 Å². The molecule has 0 aromatic heterocycles. The molecule has 2 fully saturated rings. The third-order valence-electron chi connectivity index (χ3n) is 4.50. The first kappa shape index (κ1) is 14.3. The van der Waals surface area contributed by atoms with E-state index >= 15 is 0 Å². The molecule has 3 nitrogen and oxygen atoms in total. The summed E-state index contributed by atoms with van der Waals surface area (Å²) in [4.78, 5) is 2.71. The maximum Gasteiger partial charge on any atom is 0.0597 e. The zero-order valence-electron chi connectivity index (χ0n) is 12.6. The lowest BCUT2D eigenvalue weighted by Gasteiger charge is -2.51. The smallest absolute Gasteiger partial charge is 0.0597 e. The molecular weight excluding hydrogens is 224 g/mol. The number of hydrogen-bond acceptors (Lipinski definition) is 3. The van der Waals surface area contributed by atoms with Gasteiger partial charge >= 0.3 is 0 Å². The van der Waals surface area contributed by atoms with Gasteiger partial charge in [-0.15, -0.1) is 0 Å². The zero-order chi connectivity index (χ0) is 13.2. The van der Waals surface area contributed by atoms with Crippen LogP contribution in [0.3, 0.4) is 0 Å². The molecule has 0 unspecified atom stereocenters. The third kappa shape index (κ3) is 3.25. The molecule has 1 N–H and O–H groups in total. The second-order valence-corrected chi connectivity index (χ2v) is 7.01. The molecule has 1 spiro atoms. The molecule has 1 heterocycles. The number of piperazine rings is 1. The number of ether oxygens (including phenoxy) is 1. The molecule has 1 aliphatic heterocycles. The van der Waals surface area contributed by atoms with Crippen LogP contribution >= 0.6 is 0 Å². The van der Waals surface area contributed by atoms with Crippen LogP contribution in [0.1, 0.15) is 53.4 Å². The van der Waals surface area contributed by atoms with Crippen molar-refractivity contribution in [3.63, 3.8) is 0 Å². The normalized spacial score (nSPS) is 27.2. The molecule has 2 rings (SSSR count). The molecule has 0 aromatic carbocycles. The van der Waals surface area contributed by atoms with Crippen molar-refractivity contribution in [1.82, 2.24) is 10.2 Å². The Labute approximate surface area is 112 Å². The van der Waals surface area contributed by atoms with Crippen LogP contribution in [0.25, 0.3) is 0 Å². The summed E-state index contributed by atoms with van der Waals surface area (Å²) < 4.78 is 5.75. The minimum absolute atomic E-state index is 0.242. The van der Waals surface area contributed by atoms with Gasteiger partial charge in [0.1, 0.15) is 0 Å². The van der Waals surface area contributed by atoms with E-state index in [1.54, 1.807) is 0 Å². The molecule has 2 aliphatic rings. The first-order valence-corrected chi connectivity index (χ1v) is 7.55. The lowest BCUT2D eigenvalue weighted by molar-refractivity contribution is -0.0150. The first-order chi connectivity index (χ1) is 8.44. The highest BCUT2D eigenvalue weighted by Gasteiger charge is 2.45. The molecule has 0 radical (unpaired) electrons. The van der Waals surface area contributed by atoms with Gasteiger partial charge in [0.2, 0.25) is 0 Å². The summed E-state index contributed by atoms with van der Waals surface area (Å²) in [6.07, 6.45) is 5.85. The van der Waals surface area contributed by atoms with Crippen molar-refractivity contribution in [3.05, 3.63) is 0 Å². The van der Waals surface area contributed by atoms with Crippen LogP contribution in [-0.4, -0.2) is 48.3 Å². The summed E-state index contributed by atoms with van der Waals surface area (Å²) in [6, 6.07) is 0. The molecule has 106 valence electrons. The number of rotatable bonds is 4. The van der Waals surface area contributed by atoms with Gasteiger partial charge in [-0.2, -0.15) is 0 Å². The Morgan fingerprint density at radius 1 is 1.22 bits per heavy atom. The monoisotopic (exact) mass is 254 g/mol. The van der Waals surface area contributed by atoms with E-state index < -0.39 is 0 Å². The fraction of sp³-hybridized carbons (Fsp3) is 1.00. The average Bonchev–Trinajstić information content (AvgIpc) is 2.73. The summed E-state index contributed by atoms with van der Waals surface area (Å²) in [5, 5.41) is 3.74. The van der Waals surface area contributed by atoms with E-state index in [9.17, 15) is 0 Å². The van der Waals surface area contributed by atoms with Crippen LogP contribution in [0.2, 0.25) is 0 Å². The lowest BCUT2D eigenvalue weighted by Crippen LogP contribution is -2.67. The van der Waals surface area contributed by atoms with Crippen LogP contribution in [0.15, 0.2) is 0 Å². The lowest BCUT2D eigenvalue weighted by atomic mass is 9.87. The second-order valence-electron chi connectivity index (χ2n) is 7.01. The quantitative estimate of drug-likeness (QED) is 0.834. The SMILES string of the molecule is CC(C)OCCN1CC(C)(C)NCC12CCCC2. The van der Waals surface area contributed by atoms with Crippen LogP contribution < -0.4 is 5.32 Å². The van der Waals surface area contributed by atoms with E-state index in [2.05, 4.69) is 37.9 Å². The largest absolute Gasteiger partial charge is 0.377 e. The van der Waals surface area contributed by atoms with Crippen molar-refractivity contribution in [2.45, 2.75) is 70.6 Å². The Morgan fingerprint density at radius 2 is 1.89 bits per heavy atom. The van der Waals surface area contributed by atoms with Crippen LogP contribution in [0, 0.1) is 0 Å². The Balaban J connectivity index is 1.96. The van der Waals surface area contributed by atoms with E-state index in [4.69, 9.17) is 4.74 Å². The van der Waals surface area contributed by atoms with E-state index in [1.807, 2.05) is 0 Å². The van der Waals surface area contributed by atoms with Gasteiger partial charge in [0.25, 0.3) is 0 Å². The summed E-state index contributed by atoms with van der Waals surface area (Å²) in [6.45, 7) is 13.1. The summed E-state index contributed by atoms with van der Waals surface area (Å²) >= 11 is 0. The van der Waals surface area contributed by atoms with Crippen molar-refractivity contribution in [2.75, 3.05) is 26.2 Å². The third-order valence-corrected chi connectivity index (χ3v) is 4.50. The molecule has 1 saturated carbocycles. The Kier molecular flexibility index (Phi) is 4.35. The molecular formula is C15H30N2O. The molecule has 18 heavy (non-hydrogen) atoms. The van der Waals surface area contributed by atoms with Crippen molar-refractivity contribution in [2.24, 2.45) is 0 Å². The number of nitrogens with one attached hydrogen (secondary N) is 1. The summed E-state index contributed by atoms with van der Waals surface area (Å²) in [5.41, 5.74) is 0.668.